The summed E-state index contributed by atoms with van der Waals surface area (Å²) in [6, 6.07) is 0. The van der Waals surface area contributed by atoms with Gasteiger partial charge in [-0.25, -0.2) is 0 Å². The monoisotopic (exact) mass is 672 g/mol. The molecule has 41 heavy (non-hydrogen) atoms. The van der Waals surface area contributed by atoms with Crippen molar-refractivity contribution in [2.45, 2.75) is 152 Å². The van der Waals surface area contributed by atoms with Crippen LogP contribution in [0.4, 0.5) is 0 Å². The molecule has 5 aliphatic heterocycles. The van der Waals surface area contributed by atoms with Gasteiger partial charge in [0.1, 0.15) is 0 Å². The van der Waals surface area contributed by atoms with Gasteiger partial charge in [-0.3, -0.25) is 42.5 Å². The van der Waals surface area contributed by atoms with Crippen molar-refractivity contribution in [2.24, 2.45) is 47.3 Å². The Morgan fingerprint density at radius 2 is 0.341 bits per heavy atom. The maximum absolute atomic E-state index is 4.26. The normalized spacial score (nSPS) is 56.2. The first-order chi connectivity index (χ1) is 19.8. The summed E-state index contributed by atoms with van der Waals surface area (Å²) in [5.41, 5.74) is 0. The molecule has 0 amide bonds. The SMILES string of the molecule is C1CCC2C3NC(NC4NC(NC5NC(NC6NC(N3)C3CCCCC63)C3CCCCC53)C3CCCCC43)C2C1.[Sn]. The van der Waals surface area contributed by atoms with Crippen molar-refractivity contribution >= 4 is 23.9 Å². The topological polar surface area (TPSA) is 96.2 Å². The third-order valence-electron chi connectivity index (χ3n) is 13.8. The fraction of sp³-hybridized carbons (Fsp3) is 1.00. The molecule has 5 saturated heterocycles. The van der Waals surface area contributed by atoms with Crippen LogP contribution in [-0.4, -0.2) is 73.2 Å². The van der Waals surface area contributed by atoms with Gasteiger partial charge in [-0.1, -0.05) is 51.4 Å². The van der Waals surface area contributed by atoms with E-state index in [4.69, 9.17) is 0 Å². The Labute approximate surface area is 264 Å². The van der Waals surface area contributed by atoms with Gasteiger partial charge < -0.3 is 0 Å². The molecule has 5 heterocycles. The zero-order chi connectivity index (χ0) is 26.2. The predicted molar refractivity (Wildman–Crippen MR) is 163 cm³/mol. The van der Waals surface area contributed by atoms with Gasteiger partial charge in [-0.15, -0.1) is 0 Å². The molecule has 4 aliphatic carbocycles. The van der Waals surface area contributed by atoms with Crippen LogP contribution < -0.4 is 42.5 Å². The first-order valence-corrected chi connectivity index (χ1v) is 17.9. The van der Waals surface area contributed by atoms with E-state index < -0.39 is 0 Å². The molecule has 9 aliphatic rings. The molecule has 0 spiro atoms. The van der Waals surface area contributed by atoms with E-state index in [0.29, 0.717) is 49.3 Å². The van der Waals surface area contributed by atoms with E-state index in [-0.39, 0.29) is 23.9 Å². The summed E-state index contributed by atoms with van der Waals surface area (Å²) in [5.74, 6) is 5.97. The fourth-order valence-corrected chi connectivity index (χ4v) is 12.0. The van der Waals surface area contributed by atoms with Crippen molar-refractivity contribution in [3.63, 3.8) is 0 Å². The minimum Gasteiger partial charge on any atom is -0.286 e. The Hall–Kier alpha value is 0.479. The van der Waals surface area contributed by atoms with Crippen molar-refractivity contribution in [3.05, 3.63) is 0 Å². The van der Waals surface area contributed by atoms with Crippen LogP contribution in [0, 0.1) is 47.3 Å². The predicted octanol–water partition coefficient (Wildman–Crippen LogP) is 2.22. The molecule has 8 N–H and O–H groups in total. The first kappa shape index (κ1) is 28.9. The van der Waals surface area contributed by atoms with Crippen LogP contribution in [-0.2, 0) is 0 Å². The van der Waals surface area contributed by atoms with E-state index in [9.17, 15) is 0 Å². The standard InChI is InChI=1S/C32H56N8.Sn/c1-2-10-18-17(9-1)25-33-26(18)38-28-21-13-5-6-14-22(21)30(35-28)40-32-24-16-8-7-15-23(24)31(36-32)39-29-20-12-4-3-11-19(20)27(34-29)37-25;/h17-40H,1-16H2;. The second kappa shape index (κ2) is 12.0. The smallest absolute Gasteiger partial charge is 0.0628 e. The molecule has 8 bridgehead atoms. The number of hydrogen-bond acceptors (Lipinski definition) is 8. The van der Waals surface area contributed by atoms with Crippen molar-refractivity contribution < 1.29 is 0 Å². The summed E-state index contributed by atoms with van der Waals surface area (Å²) in [5, 5.41) is 33.8. The molecule has 0 aromatic heterocycles. The van der Waals surface area contributed by atoms with Crippen LogP contribution in [0.5, 0.6) is 0 Å². The first-order valence-electron chi connectivity index (χ1n) is 17.9. The van der Waals surface area contributed by atoms with Crippen LogP contribution >= 0.6 is 0 Å². The molecule has 4 saturated carbocycles. The summed E-state index contributed by atoms with van der Waals surface area (Å²) in [4.78, 5) is 0. The van der Waals surface area contributed by atoms with Gasteiger partial charge in [0.25, 0.3) is 0 Å². The second-order valence-electron chi connectivity index (χ2n) is 15.6. The second-order valence-corrected chi connectivity index (χ2v) is 15.6. The van der Waals surface area contributed by atoms with Gasteiger partial charge in [0.15, 0.2) is 0 Å². The molecule has 228 valence electrons. The Kier molecular flexibility index (Phi) is 8.47. The van der Waals surface area contributed by atoms with Gasteiger partial charge in [-0.05, 0) is 98.7 Å². The molecule has 9 fully saturated rings. The Morgan fingerprint density at radius 1 is 0.220 bits per heavy atom. The molecular weight excluding hydrogens is 615 g/mol. The molecule has 8 nitrogen and oxygen atoms in total. The van der Waals surface area contributed by atoms with Crippen molar-refractivity contribution in [1.29, 1.82) is 0 Å². The van der Waals surface area contributed by atoms with Gasteiger partial charge in [0, 0.05) is 23.9 Å². The summed E-state index contributed by atoms with van der Waals surface area (Å²) in [6.45, 7) is 0. The van der Waals surface area contributed by atoms with E-state index in [1.807, 2.05) is 0 Å². The average Bonchev–Trinajstić information content (AvgIpc) is 3.73. The van der Waals surface area contributed by atoms with Crippen molar-refractivity contribution in [3.8, 4) is 0 Å². The molecular formula is C32H56N8Sn. The van der Waals surface area contributed by atoms with Crippen molar-refractivity contribution in [1.82, 2.24) is 42.5 Å². The van der Waals surface area contributed by atoms with Gasteiger partial charge in [0.2, 0.25) is 0 Å². The maximum Gasteiger partial charge on any atom is 0.0628 e. The molecule has 0 aromatic rings. The number of hydrogen-bond donors (Lipinski definition) is 8. The van der Waals surface area contributed by atoms with Crippen LogP contribution in [0.15, 0.2) is 0 Å². The summed E-state index contributed by atoms with van der Waals surface area (Å²) in [7, 11) is 0. The van der Waals surface area contributed by atoms with Crippen LogP contribution in [0.1, 0.15) is 103 Å². The number of nitrogens with one attached hydrogen (secondary N) is 8. The zero-order valence-electron chi connectivity index (χ0n) is 25.1. The maximum atomic E-state index is 4.26. The van der Waals surface area contributed by atoms with Gasteiger partial charge in [-0.2, -0.15) is 0 Å². The summed E-state index contributed by atoms with van der Waals surface area (Å²) in [6.07, 6.45) is 25.6. The molecule has 8 unspecified atom stereocenters. The van der Waals surface area contributed by atoms with Crippen LogP contribution in [0.2, 0.25) is 0 Å². The number of rotatable bonds is 0. The van der Waals surface area contributed by atoms with Gasteiger partial charge in [0.05, 0.1) is 49.3 Å². The minimum atomic E-state index is 0. The van der Waals surface area contributed by atoms with Crippen molar-refractivity contribution in [2.75, 3.05) is 0 Å². The Balaban J connectivity index is 0.00000256. The number of fused-ring (bicyclic) bond motifs is 20. The van der Waals surface area contributed by atoms with Crippen LogP contribution in [0.3, 0.4) is 0 Å². The third-order valence-corrected chi connectivity index (χ3v) is 13.8. The largest absolute Gasteiger partial charge is 0.286 e. The zero-order valence-corrected chi connectivity index (χ0v) is 27.9. The molecule has 8 atom stereocenters. The molecule has 9 heteroatoms. The van der Waals surface area contributed by atoms with Gasteiger partial charge >= 0.3 is 0 Å². The van der Waals surface area contributed by atoms with E-state index in [1.165, 1.54) is 103 Å². The van der Waals surface area contributed by atoms with E-state index in [0.717, 1.165) is 47.3 Å². The van der Waals surface area contributed by atoms with Crippen LogP contribution in [0.25, 0.3) is 0 Å². The molecule has 9 rings (SSSR count). The quantitative estimate of drug-likeness (QED) is 0.186. The fourth-order valence-electron chi connectivity index (χ4n) is 12.0. The Morgan fingerprint density at radius 3 is 0.463 bits per heavy atom. The Bertz CT molecular complexity index is 716. The summed E-state index contributed by atoms with van der Waals surface area (Å²) >= 11 is 0. The minimum absolute atomic E-state index is 0. The summed E-state index contributed by atoms with van der Waals surface area (Å²) < 4.78 is 0. The third kappa shape index (κ3) is 5.09. The van der Waals surface area contributed by atoms with E-state index >= 15 is 0 Å². The average molecular weight is 672 g/mol. The van der Waals surface area contributed by atoms with E-state index in [2.05, 4.69) is 42.5 Å². The van der Waals surface area contributed by atoms with E-state index in [1.54, 1.807) is 0 Å². The molecule has 0 aromatic carbocycles. The molecule has 4 radical (unpaired) electrons.